The van der Waals surface area contributed by atoms with Crippen LogP contribution in [0.2, 0.25) is 5.02 Å². The number of ether oxygens (including phenoxy) is 1. The molecule has 0 radical (unpaired) electrons. The van der Waals surface area contributed by atoms with Crippen molar-refractivity contribution in [3.05, 3.63) is 88.4 Å². The number of hydrogen-bond acceptors (Lipinski definition) is 5. The van der Waals surface area contributed by atoms with E-state index in [9.17, 15) is 9.90 Å². The first-order valence-electron chi connectivity index (χ1n) is 9.93. The van der Waals surface area contributed by atoms with Gasteiger partial charge in [0.1, 0.15) is 18.1 Å². The van der Waals surface area contributed by atoms with Crippen LogP contribution in [0.3, 0.4) is 0 Å². The highest BCUT2D eigenvalue weighted by Gasteiger charge is 2.04. The fourth-order valence-corrected chi connectivity index (χ4v) is 2.97. The Morgan fingerprint density at radius 1 is 1.06 bits per heavy atom. The number of carbonyl (C=O) groups is 1. The Kier molecular flexibility index (Phi) is 8.08. The molecule has 0 bridgehead atoms. The van der Waals surface area contributed by atoms with E-state index in [0.29, 0.717) is 28.6 Å². The van der Waals surface area contributed by atoms with Crippen LogP contribution in [-0.4, -0.2) is 36.3 Å². The summed E-state index contributed by atoms with van der Waals surface area (Å²) in [7, 11) is 3.99. The molecule has 0 heterocycles. The maximum atomic E-state index is 12.0. The average molecular weight is 453 g/mol. The monoisotopic (exact) mass is 452 g/mol. The lowest BCUT2D eigenvalue weighted by Crippen LogP contribution is -2.24. The number of carbonyl (C=O) groups excluding carboxylic acids is 1. The number of halogens is 1. The highest BCUT2D eigenvalue weighted by molar-refractivity contribution is 6.30. The first kappa shape index (κ1) is 23.1. The smallest absolute Gasteiger partial charge is 0.339 e. The highest BCUT2D eigenvalue weighted by Crippen LogP contribution is 2.23. The van der Waals surface area contributed by atoms with Crippen LogP contribution in [0.15, 0.2) is 71.8 Å². The van der Waals surface area contributed by atoms with E-state index < -0.39 is 6.03 Å². The first-order chi connectivity index (χ1) is 15.4. The maximum absolute atomic E-state index is 12.0. The minimum absolute atomic E-state index is 0.0129. The van der Waals surface area contributed by atoms with Crippen LogP contribution < -0.4 is 15.5 Å². The molecule has 0 atom stereocenters. The summed E-state index contributed by atoms with van der Waals surface area (Å²) in [6, 6.07) is 19.3. The fraction of sp³-hybridized carbons (Fsp3) is 0.167. The van der Waals surface area contributed by atoms with E-state index >= 15 is 0 Å². The molecule has 0 spiro atoms. The van der Waals surface area contributed by atoms with Gasteiger partial charge in [0.05, 0.1) is 6.21 Å². The zero-order chi connectivity index (χ0) is 22.9. The summed E-state index contributed by atoms with van der Waals surface area (Å²) in [4.78, 5) is 14.1. The van der Waals surface area contributed by atoms with Crippen LogP contribution in [0.4, 0.5) is 10.5 Å². The normalized spacial score (nSPS) is 11.0. The maximum Gasteiger partial charge on any atom is 0.339 e. The molecule has 0 aliphatic carbocycles. The zero-order valence-electron chi connectivity index (χ0n) is 17.9. The SMILES string of the molecule is CN(C)Cc1ccc(NC(=O)N/N=C/c2ccc(OCc3ccc(Cl)cc3)cc2O)cc1. The van der Waals surface area contributed by atoms with Crippen LogP contribution in [0.25, 0.3) is 0 Å². The van der Waals surface area contributed by atoms with E-state index in [2.05, 4.69) is 20.7 Å². The lowest BCUT2D eigenvalue weighted by molar-refractivity contribution is 0.252. The quantitative estimate of drug-likeness (QED) is 0.337. The summed E-state index contributed by atoms with van der Waals surface area (Å²) in [6.45, 7) is 1.17. The van der Waals surface area contributed by atoms with Crippen molar-refractivity contribution in [2.24, 2.45) is 5.10 Å². The van der Waals surface area contributed by atoms with E-state index in [4.69, 9.17) is 16.3 Å². The van der Waals surface area contributed by atoms with Crippen molar-refractivity contribution in [2.45, 2.75) is 13.2 Å². The van der Waals surface area contributed by atoms with Crippen molar-refractivity contribution in [1.82, 2.24) is 10.3 Å². The molecule has 7 nitrogen and oxygen atoms in total. The van der Waals surface area contributed by atoms with Crippen LogP contribution in [0.1, 0.15) is 16.7 Å². The van der Waals surface area contributed by atoms with Crippen LogP contribution in [-0.2, 0) is 13.2 Å². The average Bonchev–Trinajstić information content (AvgIpc) is 2.76. The van der Waals surface area contributed by atoms with E-state index in [1.54, 1.807) is 24.3 Å². The topological polar surface area (TPSA) is 86.2 Å². The lowest BCUT2D eigenvalue weighted by atomic mass is 10.2. The lowest BCUT2D eigenvalue weighted by Gasteiger charge is -2.10. The fourth-order valence-electron chi connectivity index (χ4n) is 2.85. The Morgan fingerprint density at radius 2 is 1.75 bits per heavy atom. The van der Waals surface area contributed by atoms with Crippen molar-refractivity contribution in [3.8, 4) is 11.5 Å². The second-order valence-electron chi connectivity index (χ2n) is 7.39. The summed E-state index contributed by atoms with van der Waals surface area (Å²) in [6.07, 6.45) is 1.36. The molecule has 0 aromatic heterocycles. The van der Waals surface area contributed by atoms with Gasteiger partial charge in [-0.1, -0.05) is 35.9 Å². The molecular weight excluding hydrogens is 428 g/mol. The van der Waals surface area contributed by atoms with Crippen LogP contribution in [0, 0.1) is 0 Å². The Hall–Kier alpha value is -3.55. The molecule has 166 valence electrons. The molecule has 0 aliphatic rings. The number of benzene rings is 3. The van der Waals surface area contributed by atoms with Crippen molar-refractivity contribution >= 4 is 29.5 Å². The summed E-state index contributed by atoms with van der Waals surface area (Å²) in [5.74, 6) is 0.499. The molecule has 0 unspecified atom stereocenters. The number of nitrogens with zero attached hydrogens (tertiary/aromatic N) is 2. The molecule has 3 aromatic carbocycles. The van der Waals surface area contributed by atoms with E-state index in [1.165, 1.54) is 12.3 Å². The highest BCUT2D eigenvalue weighted by atomic mass is 35.5. The van der Waals surface area contributed by atoms with Gasteiger partial charge in [0.25, 0.3) is 0 Å². The van der Waals surface area contributed by atoms with Gasteiger partial charge in [-0.3, -0.25) is 0 Å². The molecule has 0 saturated carbocycles. The largest absolute Gasteiger partial charge is 0.507 e. The van der Waals surface area contributed by atoms with Crippen LogP contribution >= 0.6 is 11.6 Å². The minimum Gasteiger partial charge on any atom is -0.507 e. The van der Waals surface area contributed by atoms with Gasteiger partial charge in [0.2, 0.25) is 0 Å². The van der Waals surface area contributed by atoms with Crippen molar-refractivity contribution in [1.29, 1.82) is 0 Å². The third-order valence-electron chi connectivity index (χ3n) is 4.40. The van der Waals surface area contributed by atoms with Gasteiger partial charge >= 0.3 is 6.03 Å². The molecule has 2 amide bonds. The van der Waals surface area contributed by atoms with Gasteiger partial charge in [-0.05, 0) is 61.6 Å². The second-order valence-corrected chi connectivity index (χ2v) is 7.83. The number of anilines is 1. The number of nitrogens with one attached hydrogen (secondary N) is 2. The number of amides is 2. The van der Waals surface area contributed by atoms with Crippen molar-refractivity contribution < 1.29 is 14.6 Å². The van der Waals surface area contributed by atoms with Gasteiger partial charge in [-0.25, -0.2) is 10.2 Å². The minimum atomic E-state index is -0.482. The number of hydrazone groups is 1. The third-order valence-corrected chi connectivity index (χ3v) is 4.65. The summed E-state index contributed by atoms with van der Waals surface area (Å²) in [5, 5.41) is 17.4. The zero-order valence-corrected chi connectivity index (χ0v) is 18.6. The number of urea groups is 1. The molecule has 0 fully saturated rings. The Labute approximate surface area is 192 Å². The molecule has 3 N–H and O–H groups in total. The summed E-state index contributed by atoms with van der Waals surface area (Å²) < 4.78 is 5.68. The van der Waals surface area contributed by atoms with Gasteiger partial charge in [0, 0.05) is 28.9 Å². The molecule has 3 rings (SSSR count). The Bertz CT molecular complexity index is 1070. The molecule has 0 saturated heterocycles. The van der Waals surface area contributed by atoms with E-state index in [0.717, 1.165) is 17.7 Å². The number of hydrogen-bond donors (Lipinski definition) is 3. The number of phenols is 1. The molecule has 8 heteroatoms. The molecule has 32 heavy (non-hydrogen) atoms. The van der Waals surface area contributed by atoms with Crippen molar-refractivity contribution in [2.75, 3.05) is 19.4 Å². The van der Waals surface area contributed by atoms with E-state index in [-0.39, 0.29) is 5.75 Å². The molecule has 3 aromatic rings. The third kappa shape index (κ3) is 7.30. The molecular formula is C24H25ClN4O3. The van der Waals surface area contributed by atoms with E-state index in [1.807, 2.05) is 50.5 Å². The van der Waals surface area contributed by atoms with Crippen LogP contribution in [0.5, 0.6) is 11.5 Å². The number of phenolic OH excluding ortho intramolecular Hbond substituents is 1. The summed E-state index contributed by atoms with van der Waals surface area (Å²) >= 11 is 5.87. The second kappa shape index (κ2) is 11.2. The predicted octanol–water partition coefficient (Wildman–Crippen LogP) is 4.84. The van der Waals surface area contributed by atoms with Gasteiger partial charge in [-0.2, -0.15) is 5.10 Å². The standard InChI is InChI=1S/C24H25ClN4O3/c1-29(2)15-17-5-10-21(11-6-17)27-24(31)28-26-14-19-7-12-22(13-23(19)30)32-16-18-3-8-20(25)9-4-18/h3-14,30H,15-16H2,1-2H3,(H2,27,28,31)/b26-14+. The first-order valence-corrected chi connectivity index (χ1v) is 10.3. The summed E-state index contributed by atoms with van der Waals surface area (Å²) in [5.41, 5.74) is 5.59. The van der Waals surface area contributed by atoms with Gasteiger partial charge < -0.3 is 20.1 Å². The Morgan fingerprint density at radius 3 is 2.41 bits per heavy atom. The molecule has 0 aliphatic heterocycles. The van der Waals surface area contributed by atoms with Gasteiger partial charge in [0.15, 0.2) is 0 Å². The Balaban J connectivity index is 1.49. The number of rotatable bonds is 8. The number of aromatic hydroxyl groups is 1. The predicted molar refractivity (Wildman–Crippen MR) is 127 cm³/mol. The van der Waals surface area contributed by atoms with Crippen molar-refractivity contribution in [3.63, 3.8) is 0 Å². The van der Waals surface area contributed by atoms with Gasteiger partial charge in [-0.15, -0.1) is 0 Å².